The van der Waals surface area contributed by atoms with Crippen molar-refractivity contribution in [3.05, 3.63) is 58.1 Å². The summed E-state index contributed by atoms with van der Waals surface area (Å²) in [5.41, 5.74) is 0.0700. The first-order chi connectivity index (χ1) is 13.8. The number of hydrogen-bond donors (Lipinski definition) is 0. The first kappa shape index (κ1) is 22.1. The summed E-state index contributed by atoms with van der Waals surface area (Å²) in [6.07, 6.45) is 0. The highest BCUT2D eigenvalue weighted by atomic mass is 32.2. The Bertz CT molecular complexity index is 996. The number of ether oxygens (including phenoxy) is 2. The van der Waals surface area contributed by atoms with Crippen molar-refractivity contribution in [3.63, 3.8) is 0 Å². The highest BCUT2D eigenvalue weighted by Gasteiger charge is 2.26. The van der Waals surface area contributed by atoms with Crippen LogP contribution < -0.4 is 9.47 Å². The molecule has 0 aliphatic rings. The van der Waals surface area contributed by atoms with Crippen molar-refractivity contribution >= 4 is 15.7 Å². The molecule has 0 saturated heterocycles. The molecule has 0 spiro atoms. The van der Waals surface area contributed by atoms with Crippen molar-refractivity contribution in [1.29, 1.82) is 5.26 Å². The van der Waals surface area contributed by atoms with Gasteiger partial charge < -0.3 is 9.47 Å². The molecule has 0 radical (unpaired) electrons. The van der Waals surface area contributed by atoms with Crippen LogP contribution in [0.25, 0.3) is 0 Å². The topological polar surface area (TPSA) is 123 Å². The van der Waals surface area contributed by atoms with Gasteiger partial charge in [0.25, 0.3) is 0 Å². The molecule has 9 nitrogen and oxygen atoms in total. The summed E-state index contributed by atoms with van der Waals surface area (Å²) < 4.78 is 37.2. The fourth-order valence-corrected chi connectivity index (χ4v) is 4.05. The molecule has 0 unspecified atom stereocenters. The van der Waals surface area contributed by atoms with Crippen molar-refractivity contribution in [1.82, 2.24) is 4.31 Å². The predicted octanol–water partition coefficient (Wildman–Crippen LogP) is 2.95. The number of nitriles is 1. The molecule has 2 aromatic carbocycles. The molecule has 154 valence electrons. The minimum Gasteiger partial charge on any atom is -0.490 e. The largest absolute Gasteiger partial charge is 0.490 e. The standard InChI is InChI=1S/C19H21N3O6S/c1-3-21(4-2)29(25,26)17-9-10-19(18(13-17)22(23)24)28-12-11-27-16-7-5-15(14-20)6-8-16/h5-10,13H,3-4,11-12H2,1-2H3. The van der Waals surface area contributed by atoms with Gasteiger partial charge in [0.2, 0.25) is 10.0 Å². The van der Waals surface area contributed by atoms with E-state index >= 15 is 0 Å². The van der Waals surface area contributed by atoms with Crippen molar-refractivity contribution in [2.45, 2.75) is 18.7 Å². The maximum Gasteiger partial charge on any atom is 0.312 e. The number of nitrogens with zero attached hydrogens (tertiary/aromatic N) is 3. The van der Waals surface area contributed by atoms with E-state index in [1.54, 1.807) is 38.1 Å². The number of hydrogen-bond acceptors (Lipinski definition) is 7. The molecular formula is C19H21N3O6S. The third-order valence-corrected chi connectivity index (χ3v) is 6.11. The summed E-state index contributed by atoms with van der Waals surface area (Å²) in [6.45, 7) is 4.04. The first-order valence-electron chi connectivity index (χ1n) is 8.87. The van der Waals surface area contributed by atoms with Gasteiger partial charge in [0.1, 0.15) is 19.0 Å². The number of nitro groups is 1. The van der Waals surface area contributed by atoms with E-state index in [-0.39, 0.29) is 36.9 Å². The van der Waals surface area contributed by atoms with Crippen molar-refractivity contribution < 1.29 is 22.8 Å². The van der Waals surface area contributed by atoms with Gasteiger partial charge in [-0.05, 0) is 36.4 Å². The Kier molecular flexibility index (Phi) is 7.52. The molecule has 0 N–H and O–H groups in total. The molecule has 29 heavy (non-hydrogen) atoms. The summed E-state index contributed by atoms with van der Waals surface area (Å²) in [4.78, 5) is 10.5. The van der Waals surface area contributed by atoms with Gasteiger partial charge in [-0.25, -0.2) is 8.42 Å². The fourth-order valence-electron chi connectivity index (χ4n) is 2.57. The monoisotopic (exact) mass is 419 g/mol. The Morgan fingerprint density at radius 3 is 2.24 bits per heavy atom. The molecular weight excluding hydrogens is 398 g/mol. The van der Waals surface area contributed by atoms with Gasteiger partial charge >= 0.3 is 5.69 Å². The maximum atomic E-state index is 12.6. The van der Waals surface area contributed by atoms with Crippen LogP contribution in [0.5, 0.6) is 11.5 Å². The van der Waals surface area contributed by atoms with Gasteiger partial charge in [-0.1, -0.05) is 13.8 Å². The molecule has 0 aliphatic carbocycles. The maximum absolute atomic E-state index is 12.6. The van der Waals surface area contributed by atoms with E-state index in [4.69, 9.17) is 14.7 Å². The number of nitro benzene ring substituents is 1. The van der Waals surface area contributed by atoms with Crippen LogP contribution in [-0.4, -0.2) is 43.9 Å². The van der Waals surface area contributed by atoms with E-state index in [9.17, 15) is 18.5 Å². The van der Waals surface area contributed by atoms with E-state index in [0.29, 0.717) is 11.3 Å². The van der Waals surface area contributed by atoms with Crippen LogP contribution in [0.1, 0.15) is 19.4 Å². The SMILES string of the molecule is CCN(CC)S(=O)(=O)c1ccc(OCCOc2ccc(C#N)cc2)c([N+](=O)[O-])c1. The molecule has 10 heteroatoms. The van der Waals surface area contributed by atoms with Crippen LogP contribution in [0.15, 0.2) is 47.4 Å². The first-order valence-corrected chi connectivity index (χ1v) is 10.3. The summed E-state index contributed by atoms with van der Waals surface area (Å²) in [5, 5.41) is 20.1. The lowest BCUT2D eigenvalue weighted by atomic mass is 10.2. The minimum absolute atomic E-state index is 0.0168. The molecule has 0 aromatic heterocycles. The second-order valence-electron chi connectivity index (χ2n) is 5.81. The second-order valence-corrected chi connectivity index (χ2v) is 7.75. The summed E-state index contributed by atoms with van der Waals surface area (Å²) in [7, 11) is -3.82. The van der Waals surface area contributed by atoms with Gasteiger partial charge in [0.15, 0.2) is 5.75 Å². The van der Waals surface area contributed by atoms with Gasteiger partial charge in [-0.15, -0.1) is 0 Å². The third kappa shape index (κ3) is 5.43. The Labute approximate surface area is 169 Å². The van der Waals surface area contributed by atoms with Gasteiger partial charge in [0, 0.05) is 19.2 Å². The van der Waals surface area contributed by atoms with E-state index < -0.39 is 20.6 Å². The van der Waals surface area contributed by atoms with Crippen molar-refractivity contribution in [2.75, 3.05) is 26.3 Å². The molecule has 0 saturated carbocycles. The molecule has 0 aliphatic heterocycles. The molecule has 2 rings (SSSR count). The van der Waals surface area contributed by atoms with Crippen LogP contribution in [0.3, 0.4) is 0 Å². The van der Waals surface area contributed by atoms with Crippen LogP contribution in [-0.2, 0) is 10.0 Å². The highest BCUT2D eigenvalue weighted by molar-refractivity contribution is 7.89. The predicted molar refractivity (Wildman–Crippen MR) is 105 cm³/mol. The van der Waals surface area contributed by atoms with E-state index in [0.717, 1.165) is 6.07 Å². The molecule has 0 atom stereocenters. The average molecular weight is 419 g/mol. The molecule has 0 amide bonds. The van der Waals surface area contributed by atoms with Crippen LogP contribution >= 0.6 is 0 Å². The Morgan fingerprint density at radius 1 is 1.07 bits per heavy atom. The smallest absolute Gasteiger partial charge is 0.312 e. The Morgan fingerprint density at radius 2 is 1.69 bits per heavy atom. The lowest BCUT2D eigenvalue weighted by Gasteiger charge is -2.18. The average Bonchev–Trinajstić information content (AvgIpc) is 2.72. The highest BCUT2D eigenvalue weighted by Crippen LogP contribution is 2.31. The molecule has 0 bridgehead atoms. The lowest BCUT2D eigenvalue weighted by molar-refractivity contribution is -0.386. The van der Waals surface area contributed by atoms with E-state index in [1.807, 2.05) is 6.07 Å². The normalized spacial score (nSPS) is 11.1. The van der Waals surface area contributed by atoms with Gasteiger partial charge in [0.05, 0.1) is 21.5 Å². The zero-order valence-corrected chi connectivity index (χ0v) is 16.9. The van der Waals surface area contributed by atoms with E-state index in [2.05, 4.69) is 0 Å². The van der Waals surface area contributed by atoms with Crippen LogP contribution in [0.2, 0.25) is 0 Å². The van der Waals surface area contributed by atoms with Gasteiger partial charge in [-0.2, -0.15) is 9.57 Å². The third-order valence-electron chi connectivity index (χ3n) is 4.06. The fraction of sp³-hybridized carbons (Fsp3) is 0.316. The Hall–Kier alpha value is -3.16. The zero-order valence-electron chi connectivity index (χ0n) is 16.1. The number of sulfonamides is 1. The Balaban J connectivity index is 2.08. The van der Waals surface area contributed by atoms with Crippen LogP contribution in [0, 0.1) is 21.4 Å². The number of rotatable bonds is 10. The van der Waals surface area contributed by atoms with Gasteiger partial charge in [-0.3, -0.25) is 10.1 Å². The number of benzene rings is 2. The van der Waals surface area contributed by atoms with Crippen LogP contribution in [0.4, 0.5) is 5.69 Å². The van der Waals surface area contributed by atoms with Crippen molar-refractivity contribution in [3.8, 4) is 17.6 Å². The molecule has 2 aromatic rings. The summed E-state index contributed by atoms with van der Waals surface area (Å²) in [6, 6.07) is 12.0. The minimum atomic E-state index is -3.82. The second kappa shape index (κ2) is 9.86. The zero-order chi connectivity index (χ0) is 21.4. The molecule has 0 heterocycles. The summed E-state index contributed by atoms with van der Waals surface area (Å²) >= 11 is 0. The lowest BCUT2D eigenvalue weighted by Crippen LogP contribution is -2.30. The van der Waals surface area contributed by atoms with E-state index in [1.165, 1.54) is 16.4 Å². The summed E-state index contributed by atoms with van der Waals surface area (Å²) in [5.74, 6) is 0.486. The molecule has 0 fully saturated rings. The quantitative estimate of drug-likeness (QED) is 0.329. The van der Waals surface area contributed by atoms with Crippen molar-refractivity contribution in [2.24, 2.45) is 0 Å².